The summed E-state index contributed by atoms with van der Waals surface area (Å²) in [4.78, 5) is 10.6. The molecule has 0 aromatic rings. The number of carboxylic acid groups (broad SMARTS) is 1. The van der Waals surface area contributed by atoms with Crippen LogP contribution in [0.4, 0.5) is 0 Å². The molecular formula is C22H36O4. The van der Waals surface area contributed by atoms with Gasteiger partial charge in [0, 0.05) is 12.3 Å². The number of allylic oxidation sites excluding steroid dienone is 2. The Morgan fingerprint density at radius 1 is 1.31 bits per heavy atom. The summed E-state index contributed by atoms with van der Waals surface area (Å²) in [6.45, 7) is 4.25. The molecular weight excluding hydrogens is 328 g/mol. The molecule has 0 saturated heterocycles. The van der Waals surface area contributed by atoms with Gasteiger partial charge in [-0.05, 0) is 56.3 Å². The lowest BCUT2D eigenvalue weighted by atomic mass is 9.89. The Kier molecular flexibility index (Phi) is 8.36. The molecule has 3 N–H and O–H groups in total. The summed E-state index contributed by atoms with van der Waals surface area (Å²) in [6, 6.07) is 0. The van der Waals surface area contributed by atoms with Gasteiger partial charge < -0.3 is 15.3 Å². The maximum atomic E-state index is 10.6. The Bertz CT molecular complexity index is 510. The Labute approximate surface area is 158 Å². The highest BCUT2D eigenvalue weighted by Gasteiger charge is 2.44. The van der Waals surface area contributed by atoms with E-state index in [1.165, 1.54) is 5.57 Å². The van der Waals surface area contributed by atoms with Crippen molar-refractivity contribution in [1.82, 2.24) is 0 Å². The molecule has 2 fully saturated rings. The van der Waals surface area contributed by atoms with Crippen LogP contribution in [0.1, 0.15) is 71.6 Å². The van der Waals surface area contributed by atoms with Crippen LogP contribution in [0, 0.1) is 23.7 Å². The Morgan fingerprint density at radius 3 is 2.77 bits per heavy atom. The largest absolute Gasteiger partial charge is 0.481 e. The molecule has 0 unspecified atom stereocenters. The predicted octanol–water partition coefficient (Wildman–Crippen LogP) is 4.32. The lowest BCUT2D eigenvalue weighted by Gasteiger charge is -2.19. The first-order valence-corrected chi connectivity index (χ1v) is 10.4. The minimum Gasteiger partial charge on any atom is -0.481 e. The van der Waals surface area contributed by atoms with Crippen molar-refractivity contribution in [2.75, 3.05) is 0 Å². The van der Waals surface area contributed by atoms with Crippen LogP contribution in [-0.2, 0) is 4.79 Å². The molecule has 0 bridgehead atoms. The smallest absolute Gasteiger partial charge is 0.303 e. The summed E-state index contributed by atoms with van der Waals surface area (Å²) in [6.07, 6.45) is 13.4. The van der Waals surface area contributed by atoms with Crippen molar-refractivity contribution in [1.29, 1.82) is 0 Å². The average molecular weight is 365 g/mol. The second kappa shape index (κ2) is 10.3. The molecule has 0 radical (unpaired) electrons. The first kappa shape index (κ1) is 21.2. The first-order chi connectivity index (χ1) is 12.4. The van der Waals surface area contributed by atoms with Gasteiger partial charge in [-0.3, -0.25) is 4.79 Å². The monoisotopic (exact) mass is 364 g/mol. The maximum absolute atomic E-state index is 10.6. The lowest BCUT2D eigenvalue weighted by Crippen LogP contribution is -2.19. The van der Waals surface area contributed by atoms with Crippen LogP contribution in [0.2, 0.25) is 0 Å². The van der Waals surface area contributed by atoms with E-state index >= 15 is 0 Å². The molecule has 4 nitrogen and oxygen atoms in total. The lowest BCUT2D eigenvalue weighted by molar-refractivity contribution is -0.137. The van der Waals surface area contributed by atoms with Gasteiger partial charge in [0.1, 0.15) is 0 Å². The molecule has 4 heteroatoms. The van der Waals surface area contributed by atoms with E-state index in [0.717, 1.165) is 44.9 Å². The minimum atomic E-state index is -0.730. The van der Waals surface area contributed by atoms with Crippen molar-refractivity contribution in [2.24, 2.45) is 23.7 Å². The summed E-state index contributed by atoms with van der Waals surface area (Å²) >= 11 is 0. The molecule has 0 aliphatic heterocycles. The first-order valence-electron chi connectivity index (χ1n) is 10.4. The SMILES string of the molecule is CCCC[C@@H](C)[C@@H](O)/C=C/[C@@H]1[C@H]2C/C(=C/CCCC(=O)O)C[C@@H]2C[C@H]1O. The van der Waals surface area contributed by atoms with Crippen molar-refractivity contribution >= 4 is 5.97 Å². The second-order valence-corrected chi connectivity index (χ2v) is 8.36. The molecule has 0 spiro atoms. The van der Waals surface area contributed by atoms with Crippen molar-refractivity contribution in [2.45, 2.75) is 83.8 Å². The van der Waals surface area contributed by atoms with Crippen LogP contribution < -0.4 is 0 Å². The molecule has 0 aromatic heterocycles. The third kappa shape index (κ3) is 5.95. The summed E-state index contributed by atoms with van der Waals surface area (Å²) in [5, 5.41) is 29.5. The van der Waals surface area contributed by atoms with E-state index in [1.54, 1.807) is 0 Å². The van der Waals surface area contributed by atoms with Crippen LogP contribution in [0.3, 0.4) is 0 Å². The maximum Gasteiger partial charge on any atom is 0.303 e. The number of carboxylic acids is 1. The fourth-order valence-corrected chi connectivity index (χ4v) is 4.63. The van der Waals surface area contributed by atoms with Gasteiger partial charge in [-0.15, -0.1) is 0 Å². The van der Waals surface area contributed by atoms with Crippen molar-refractivity contribution in [3.63, 3.8) is 0 Å². The molecule has 0 aromatic carbocycles. The molecule has 2 rings (SSSR count). The number of carbonyl (C=O) groups is 1. The highest BCUT2D eigenvalue weighted by molar-refractivity contribution is 5.66. The van der Waals surface area contributed by atoms with Crippen LogP contribution in [-0.4, -0.2) is 33.5 Å². The summed E-state index contributed by atoms with van der Waals surface area (Å²) in [5.41, 5.74) is 1.42. The number of hydrogen-bond donors (Lipinski definition) is 3. The Hall–Kier alpha value is -1.13. The molecule has 0 amide bonds. The quantitative estimate of drug-likeness (QED) is 0.398. The van der Waals surface area contributed by atoms with E-state index < -0.39 is 12.1 Å². The Balaban J connectivity index is 1.87. The van der Waals surface area contributed by atoms with E-state index in [4.69, 9.17) is 5.11 Å². The number of fused-ring (bicyclic) bond motifs is 1. The Morgan fingerprint density at radius 2 is 2.08 bits per heavy atom. The van der Waals surface area contributed by atoms with Crippen LogP contribution >= 0.6 is 0 Å². The van der Waals surface area contributed by atoms with Gasteiger partial charge in [0.2, 0.25) is 0 Å². The molecule has 148 valence electrons. The van der Waals surface area contributed by atoms with E-state index in [9.17, 15) is 15.0 Å². The van der Waals surface area contributed by atoms with Gasteiger partial charge in [0.15, 0.2) is 0 Å². The average Bonchev–Trinajstić information content (AvgIpc) is 3.10. The molecule has 0 heterocycles. The van der Waals surface area contributed by atoms with Gasteiger partial charge in [-0.1, -0.05) is 50.5 Å². The zero-order valence-corrected chi connectivity index (χ0v) is 16.3. The van der Waals surface area contributed by atoms with E-state index in [1.807, 2.05) is 6.08 Å². The highest BCUT2D eigenvalue weighted by Crippen LogP contribution is 2.50. The normalized spacial score (nSPS) is 32.2. The summed E-state index contributed by atoms with van der Waals surface area (Å²) in [5.74, 6) is 0.656. The third-order valence-electron chi connectivity index (χ3n) is 6.27. The van der Waals surface area contributed by atoms with Gasteiger partial charge in [0.25, 0.3) is 0 Å². The topological polar surface area (TPSA) is 77.8 Å². The molecule has 2 aliphatic rings. The zero-order valence-electron chi connectivity index (χ0n) is 16.3. The van der Waals surface area contributed by atoms with E-state index in [0.29, 0.717) is 18.3 Å². The van der Waals surface area contributed by atoms with Gasteiger partial charge >= 0.3 is 5.97 Å². The number of aliphatic hydroxyl groups excluding tert-OH is 2. The van der Waals surface area contributed by atoms with Crippen LogP contribution in [0.15, 0.2) is 23.8 Å². The minimum absolute atomic E-state index is 0.137. The number of aliphatic carboxylic acids is 1. The molecule has 2 saturated carbocycles. The molecule has 6 atom stereocenters. The van der Waals surface area contributed by atoms with Crippen molar-refractivity contribution in [3.8, 4) is 0 Å². The standard InChI is InChI=1S/C22H36O4/c1-3-4-7-15(2)20(23)11-10-18-19-13-16(8-5-6-9-22(25)26)12-17(19)14-21(18)24/h8,10-11,15,17-21,23-24H,3-7,9,12-14H2,1-2H3,(H,25,26)/b11-10+,16-8+/t15-,17-,18-,19+,20+,21-/m1/s1. The zero-order chi connectivity index (χ0) is 19.1. The summed E-state index contributed by atoms with van der Waals surface area (Å²) in [7, 11) is 0. The number of unbranched alkanes of at least 4 members (excludes halogenated alkanes) is 2. The summed E-state index contributed by atoms with van der Waals surface area (Å²) < 4.78 is 0. The van der Waals surface area contributed by atoms with E-state index in [-0.39, 0.29) is 24.4 Å². The number of rotatable bonds is 10. The van der Waals surface area contributed by atoms with Gasteiger partial charge in [0.05, 0.1) is 12.2 Å². The third-order valence-corrected chi connectivity index (χ3v) is 6.27. The van der Waals surface area contributed by atoms with Crippen LogP contribution in [0.25, 0.3) is 0 Å². The number of aliphatic hydroxyl groups is 2. The van der Waals surface area contributed by atoms with E-state index in [2.05, 4.69) is 26.0 Å². The van der Waals surface area contributed by atoms with Gasteiger partial charge in [-0.25, -0.2) is 0 Å². The van der Waals surface area contributed by atoms with Gasteiger partial charge in [-0.2, -0.15) is 0 Å². The fraction of sp³-hybridized carbons (Fsp3) is 0.773. The molecule has 2 aliphatic carbocycles. The predicted molar refractivity (Wildman–Crippen MR) is 104 cm³/mol. The fourth-order valence-electron chi connectivity index (χ4n) is 4.63. The number of hydrogen-bond acceptors (Lipinski definition) is 3. The van der Waals surface area contributed by atoms with Crippen molar-refractivity contribution < 1.29 is 20.1 Å². The second-order valence-electron chi connectivity index (χ2n) is 8.36. The highest BCUT2D eigenvalue weighted by atomic mass is 16.4. The molecule has 26 heavy (non-hydrogen) atoms. The van der Waals surface area contributed by atoms with Crippen LogP contribution in [0.5, 0.6) is 0 Å². The van der Waals surface area contributed by atoms with Crippen molar-refractivity contribution in [3.05, 3.63) is 23.8 Å².